The normalized spacial score (nSPS) is 18.1. The van der Waals surface area contributed by atoms with Crippen LogP contribution in [0.2, 0.25) is 0 Å². The van der Waals surface area contributed by atoms with Crippen LogP contribution in [0, 0.1) is 5.92 Å². The van der Waals surface area contributed by atoms with Gasteiger partial charge >= 0.3 is 6.18 Å². The van der Waals surface area contributed by atoms with Crippen LogP contribution in [0.4, 0.5) is 13.2 Å². The Labute approximate surface area is 148 Å². The number of nitrogens with zero attached hydrogens (tertiary/aromatic N) is 3. The molecule has 4 nitrogen and oxygen atoms in total. The molecule has 0 amide bonds. The summed E-state index contributed by atoms with van der Waals surface area (Å²) in [7, 11) is 0. The van der Waals surface area contributed by atoms with Crippen molar-refractivity contribution in [3.8, 4) is 0 Å². The van der Waals surface area contributed by atoms with Gasteiger partial charge in [-0.15, -0.1) is 24.0 Å². The third-order valence-corrected chi connectivity index (χ3v) is 4.01. The Bertz CT molecular complexity index is 325. The monoisotopic (exact) mass is 436 g/mol. The molecule has 22 heavy (non-hydrogen) atoms. The number of likely N-dealkylation sites (tertiary alicyclic amines) is 1. The van der Waals surface area contributed by atoms with E-state index in [1.807, 2.05) is 18.7 Å². The summed E-state index contributed by atoms with van der Waals surface area (Å²) in [4.78, 5) is 7.85. The summed E-state index contributed by atoms with van der Waals surface area (Å²) in [5.74, 6) is 1.03. The molecule has 1 rings (SSSR count). The quantitative estimate of drug-likeness (QED) is 0.396. The Morgan fingerprint density at radius 2 is 1.77 bits per heavy atom. The van der Waals surface area contributed by atoms with Crippen molar-refractivity contribution in [2.75, 3.05) is 39.3 Å². The van der Waals surface area contributed by atoms with Crippen molar-refractivity contribution in [3.05, 3.63) is 0 Å². The second-order valence-corrected chi connectivity index (χ2v) is 5.54. The lowest BCUT2D eigenvalue weighted by atomic mass is 9.93. The van der Waals surface area contributed by atoms with Crippen LogP contribution in [0.5, 0.6) is 0 Å². The molecule has 0 saturated carbocycles. The number of rotatable bonds is 6. The molecule has 0 atom stereocenters. The van der Waals surface area contributed by atoms with Crippen LogP contribution in [-0.2, 0) is 0 Å². The summed E-state index contributed by atoms with van der Waals surface area (Å²) in [6.07, 6.45) is -1.55. The van der Waals surface area contributed by atoms with Gasteiger partial charge in [0.25, 0.3) is 0 Å². The molecule has 0 bridgehead atoms. The lowest BCUT2D eigenvalue weighted by Crippen LogP contribution is -2.40. The van der Waals surface area contributed by atoms with Crippen molar-refractivity contribution in [2.24, 2.45) is 16.6 Å². The minimum Gasteiger partial charge on any atom is -0.370 e. The summed E-state index contributed by atoms with van der Waals surface area (Å²) in [5, 5.41) is 0. The van der Waals surface area contributed by atoms with Gasteiger partial charge in [0, 0.05) is 19.6 Å². The number of piperidine rings is 1. The van der Waals surface area contributed by atoms with Gasteiger partial charge in [0.1, 0.15) is 0 Å². The smallest absolute Gasteiger partial charge is 0.370 e. The molecular weight excluding hydrogens is 408 g/mol. The maximum absolute atomic E-state index is 12.3. The summed E-state index contributed by atoms with van der Waals surface area (Å²) >= 11 is 0. The van der Waals surface area contributed by atoms with Crippen LogP contribution < -0.4 is 5.73 Å². The summed E-state index contributed by atoms with van der Waals surface area (Å²) in [6.45, 7) is 6.66. The number of nitrogens with two attached hydrogens (primary N) is 1. The highest BCUT2D eigenvalue weighted by atomic mass is 127. The molecule has 0 aliphatic carbocycles. The minimum absolute atomic E-state index is 0. The van der Waals surface area contributed by atoms with Crippen molar-refractivity contribution < 1.29 is 13.2 Å². The van der Waals surface area contributed by atoms with Crippen molar-refractivity contribution in [3.63, 3.8) is 0 Å². The summed E-state index contributed by atoms with van der Waals surface area (Å²) in [5.41, 5.74) is 5.89. The van der Waals surface area contributed by atoms with E-state index in [4.69, 9.17) is 5.73 Å². The highest BCUT2D eigenvalue weighted by Crippen LogP contribution is 2.24. The summed E-state index contributed by atoms with van der Waals surface area (Å²) in [6, 6.07) is 0. The number of guanidine groups is 1. The first-order chi connectivity index (χ1) is 9.85. The van der Waals surface area contributed by atoms with Crippen molar-refractivity contribution in [1.29, 1.82) is 0 Å². The average molecular weight is 436 g/mol. The molecule has 8 heteroatoms. The Kier molecular flexibility index (Phi) is 10.4. The minimum atomic E-state index is -4.09. The first kappa shape index (κ1) is 21.8. The SMILES string of the molecule is CCN(CC)C(N)=NCCC1CCN(CC(F)(F)F)CC1.I. The molecule has 0 aromatic heterocycles. The first-order valence-corrected chi connectivity index (χ1v) is 7.69. The van der Waals surface area contributed by atoms with E-state index < -0.39 is 12.7 Å². The van der Waals surface area contributed by atoms with E-state index in [1.54, 1.807) is 0 Å². The standard InChI is InChI=1S/C14H27F3N4.HI/c1-3-21(4-2)13(18)19-8-5-12-6-9-20(10-7-12)11-14(15,16)17;/h12H,3-11H2,1-2H3,(H2,18,19);1H. The molecule has 0 aromatic carbocycles. The van der Waals surface area contributed by atoms with Crippen molar-refractivity contribution in [1.82, 2.24) is 9.80 Å². The predicted octanol–water partition coefficient (Wildman–Crippen LogP) is 2.93. The zero-order valence-electron chi connectivity index (χ0n) is 13.4. The molecule has 1 aliphatic heterocycles. The van der Waals surface area contributed by atoms with Crippen LogP contribution in [0.3, 0.4) is 0 Å². The van der Waals surface area contributed by atoms with Gasteiger partial charge in [0.2, 0.25) is 0 Å². The van der Waals surface area contributed by atoms with Gasteiger partial charge in [-0.25, -0.2) is 0 Å². The van der Waals surface area contributed by atoms with E-state index in [0.717, 1.165) is 32.4 Å². The Morgan fingerprint density at radius 3 is 2.23 bits per heavy atom. The topological polar surface area (TPSA) is 44.9 Å². The van der Waals surface area contributed by atoms with Crippen molar-refractivity contribution >= 4 is 29.9 Å². The predicted molar refractivity (Wildman–Crippen MR) is 94.7 cm³/mol. The summed E-state index contributed by atoms with van der Waals surface area (Å²) < 4.78 is 36.9. The van der Waals surface area contributed by atoms with Gasteiger partial charge in [-0.05, 0) is 52.1 Å². The van der Waals surface area contributed by atoms with Crippen molar-refractivity contribution in [2.45, 2.75) is 39.3 Å². The molecule has 0 radical (unpaired) electrons. The number of alkyl halides is 3. The molecule has 1 saturated heterocycles. The molecule has 132 valence electrons. The fraction of sp³-hybridized carbons (Fsp3) is 0.929. The third kappa shape index (κ3) is 8.40. The lowest BCUT2D eigenvalue weighted by molar-refractivity contribution is -0.148. The van der Waals surface area contributed by atoms with E-state index in [9.17, 15) is 13.2 Å². The van der Waals surface area contributed by atoms with Gasteiger partial charge in [-0.1, -0.05) is 0 Å². The van der Waals surface area contributed by atoms with Gasteiger partial charge in [0.15, 0.2) is 5.96 Å². The molecule has 0 aromatic rings. The number of halogens is 4. The molecule has 1 aliphatic rings. The molecule has 0 unspecified atom stereocenters. The Balaban J connectivity index is 0.00000441. The highest BCUT2D eigenvalue weighted by Gasteiger charge is 2.32. The van der Waals surface area contributed by atoms with Gasteiger partial charge < -0.3 is 10.6 Å². The fourth-order valence-corrected chi connectivity index (χ4v) is 2.70. The Hall–Kier alpha value is -0.250. The maximum atomic E-state index is 12.3. The van der Waals surface area contributed by atoms with Crippen LogP contribution in [-0.4, -0.2) is 61.2 Å². The lowest BCUT2D eigenvalue weighted by Gasteiger charge is -2.32. The second kappa shape index (κ2) is 10.5. The third-order valence-electron chi connectivity index (χ3n) is 4.01. The van der Waals surface area contributed by atoms with Gasteiger partial charge in [-0.3, -0.25) is 9.89 Å². The second-order valence-electron chi connectivity index (χ2n) is 5.54. The van der Waals surface area contributed by atoms with Gasteiger partial charge in [-0.2, -0.15) is 13.2 Å². The molecule has 0 spiro atoms. The fourth-order valence-electron chi connectivity index (χ4n) is 2.70. The molecular formula is C14H28F3IN4. The first-order valence-electron chi connectivity index (χ1n) is 7.69. The average Bonchev–Trinajstić information content (AvgIpc) is 2.40. The van der Waals surface area contributed by atoms with E-state index in [0.29, 0.717) is 31.5 Å². The number of aliphatic imine (C=N–C) groups is 1. The van der Waals surface area contributed by atoms with Crippen LogP contribution >= 0.6 is 24.0 Å². The van der Waals surface area contributed by atoms with E-state index in [1.165, 1.54) is 4.90 Å². The van der Waals surface area contributed by atoms with E-state index in [2.05, 4.69) is 4.99 Å². The zero-order chi connectivity index (χ0) is 15.9. The Morgan fingerprint density at radius 1 is 1.23 bits per heavy atom. The molecule has 1 heterocycles. The van der Waals surface area contributed by atoms with Crippen LogP contribution in [0.1, 0.15) is 33.1 Å². The van der Waals surface area contributed by atoms with Gasteiger partial charge in [0.05, 0.1) is 6.54 Å². The highest BCUT2D eigenvalue weighted by molar-refractivity contribution is 14.0. The zero-order valence-corrected chi connectivity index (χ0v) is 15.7. The number of hydrogen-bond donors (Lipinski definition) is 1. The largest absolute Gasteiger partial charge is 0.401 e. The van der Waals surface area contributed by atoms with E-state index in [-0.39, 0.29) is 24.0 Å². The number of hydrogen-bond acceptors (Lipinski definition) is 2. The van der Waals surface area contributed by atoms with E-state index >= 15 is 0 Å². The van der Waals surface area contributed by atoms with Crippen LogP contribution in [0.15, 0.2) is 4.99 Å². The molecule has 2 N–H and O–H groups in total. The maximum Gasteiger partial charge on any atom is 0.401 e. The van der Waals surface area contributed by atoms with Crippen LogP contribution in [0.25, 0.3) is 0 Å². The molecule has 1 fully saturated rings.